The first-order chi connectivity index (χ1) is 7.58. The van der Waals surface area contributed by atoms with Crippen molar-refractivity contribution in [2.24, 2.45) is 7.05 Å². The monoisotopic (exact) mass is 242 g/mol. The Labute approximate surface area is 102 Å². The van der Waals surface area contributed by atoms with Gasteiger partial charge in [-0.3, -0.25) is 9.58 Å². The molecule has 16 heavy (non-hydrogen) atoms. The van der Waals surface area contributed by atoms with Gasteiger partial charge in [-0.25, -0.2) is 0 Å². The van der Waals surface area contributed by atoms with Crippen LogP contribution in [0.1, 0.15) is 18.2 Å². The Morgan fingerprint density at radius 3 is 2.88 bits per heavy atom. The lowest BCUT2D eigenvalue weighted by Gasteiger charge is -2.31. The summed E-state index contributed by atoms with van der Waals surface area (Å²) in [4.78, 5) is 2.43. The molecular formula is C11H19ClN4. The van der Waals surface area contributed by atoms with Gasteiger partial charge in [0.2, 0.25) is 0 Å². The van der Waals surface area contributed by atoms with Crippen LogP contribution in [0.5, 0.6) is 0 Å². The third kappa shape index (κ3) is 2.39. The summed E-state index contributed by atoms with van der Waals surface area (Å²) >= 11 is 6.23. The van der Waals surface area contributed by atoms with Crippen molar-refractivity contribution in [3.63, 3.8) is 0 Å². The lowest BCUT2D eigenvalue weighted by atomic mass is 10.2. The molecule has 0 aliphatic carbocycles. The minimum Gasteiger partial charge on any atom is -0.312 e. The van der Waals surface area contributed by atoms with Gasteiger partial charge in [-0.1, -0.05) is 11.6 Å². The van der Waals surface area contributed by atoms with E-state index in [0.717, 1.165) is 37.0 Å². The van der Waals surface area contributed by atoms with Crippen LogP contribution in [-0.2, 0) is 13.6 Å². The van der Waals surface area contributed by atoms with E-state index in [1.165, 1.54) is 5.56 Å². The second-order valence-electron chi connectivity index (χ2n) is 4.57. The fourth-order valence-corrected chi connectivity index (χ4v) is 2.47. The van der Waals surface area contributed by atoms with Crippen molar-refractivity contribution in [1.29, 1.82) is 0 Å². The van der Waals surface area contributed by atoms with Gasteiger partial charge in [0.25, 0.3) is 0 Å². The van der Waals surface area contributed by atoms with Crippen LogP contribution in [0.2, 0.25) is 5.15 Å². The van der Waals surface area contributed by atoms with E-state index in [2.05, 4.69) is 22.2 Å². The second kappa shape index (κ2) is 4.73. The van der Waals surface area contributed by atoms with Crippen molar-refractivity contribution < 1.29 is 0 Å². The first-order valence-electron chi connectivity index (χ1n) is 5.71. The number of piperazine rings is 1. The molecule has 4 nitrogen and oxygen atoms in total. The van der Waals surface area contributed by atoms with Crippen LogP contribution in [-0.4, -0.2) is 40.4 Å². The third-order valence-corrected chi connectivity index (χ3v) is 3.58. The first-order valence-corrected chi connectivity index (χ1v) is 6.09. The highest BCUT2D eigenvalue weighted by molar-refractivity contribution is 6.30. The van der Waals surface area contributed by atoms with E-state index >= 15 is 0 Å². The summed E-state index contributed by atoms with van der Waals surface area (Å²) in [5.41, 5.74) is 2.21. The van der Waals surface area contributed by atoms with Gasteiger partial charge in [0, 0.05) is 44.8 Å². The SMILES string of the molecule is Cc1nn(C)c(Cl)c1CN1CCN[C@H](C)C1. The van der Waals surface area contributed by atoms with E-state index in [4.69, 9.17) is 11.6 Å². The molecular weight excluding hydrogens is 224 g/mol. The summed E-state index contributed by atoms with van der Waals surface area (Å²) in [6.45, 7) is 8.35. The average Bonchev–Trinajstić information content (AvgIpc) is 2.45. The van der Waals surface area contributed by atoms with E-state index in [0.29, 0.717) is 6.04 Å². The Morgan fingerprint density at radius 2 is 2.31 bits per heavy atom. The lowest BCUT2D eigenvalue weighted by Crippen LogP contribution is -2.48. The van der Waals surface area contributed by atoms with Gasteiger partial charge in [0.05, 0.1) is 5.69 Å². The smallest absolute Gasteiger partial charge is 0.131 e. The molecule has 1 aliphatic rings. The maximum atomic E-state index is 6.23. The number of rotatable bonds is 2. The summed E-state index contributed by atoms with van der Waals surface area (Å²) in [5, 5.41) is 8.54. The summed E-state index contributed by atoms with van der Waals surface area (Å²) in [6, 6.07) is 0.560. The highest BCUT2D eigenvalue weighted by Gasteiger charge is 2.19. The number of aromatic nitrogens is 2. The van der Waals surface area contributed by atoms with E-state index in [9.17, 15) is 0 Å². The quantitative estimate of drug-likeness (QED) is 0.846. The van der Waals surface area contributed by atoms with Gasteiger partial charge in [0.15, 0.2) is 0 Å². The van der Waals surface area contributed by atoms with Gasteiger partial charge in [0.1, 0.15) is 5.15 Å². The van der Waals surface area contributed by atoms with Gasteiger partial charge >= 0.3 is 0 Å². The molecule has 0 aromatic carbocycles. The van der Waals surface area contributed by atoms with Gasteiger partial charge in [-0.2, -0.15) is 5.10 Å². The molecule has 0 radical (unpaired) electrons. The number of nitrogens with one attached hydrogen (secondary N) is 1. The predicted molar refractivity (Wildman–Crippen MR) is 65.7 cm³/mol. The zero-order valence-electron chi connectivity index (χ0n) is 10.1. The van der Waals surface area contributed by atoms with E-state index in [1.54, 1.807) is 4.68 Å². The number of hydrogen-bond donors (Lipinski definition) is 1. The molecule has 0 amide bonds. The molecule has 1 N–H and O–H groups in total. The van der Waals surface area contributed by atoms with Crippen molar-refractivity contribution >= 4 is 11.6 Å². The molecule has 1 aromatic heterocycles. The van der Waals surface area contributed by atoms with Gasteiger partial charge < -0.3 is 5.32 Å². The fourth-order valence-electron chi connectivity index (χ4n) is 2.23. The molecule has 1 atom stereocenters. The number of halogens is 1. The topological polar surface area (TPSA) is 33.1 Å². The molecule has 0 spiro atoms. The summed E-state index contributed by atoms with van der Waals surface area (Å²) in [7, 11) is 1.89. The number of aryl methyl sites for hydroxylation is 2. The average molecular weight is 243 g/mol. The maximum absolute atomic E-state index is 6.23. The Bertz CT molecular complexity index is 374. The van der Waals surface area contributed by atoms with Crippen LogP contribution < -0.4 is 5.32 Å². The minimum absolute atomic E-state index is 0.560. The molecule has 2 rings (SSSR count). The zero-order valence-corrected chi connectivity index (χ0v) is 10.9. The van der Waals surface area contributed by atoms with Crippen LogP contribution in [0, 0.1) is 6.92 Å². The Morgan fingerprint density at radius 1 is 1.56 bits per heavy atom. The molecule has 0 bridgehead atoms. The van der Waals surface area contributed by atoms with Gasteiger partial charge in [-0.15, -0.1) is 0 Å². The second-order valence-corrected chi connectivity index (χ2v) is 4.93. The lowest BCUT2D eigenvalue weighted by molar-refractivity contribution is 0.199. The minimum atomic E-state index is 0.560. The fraction of sp³-hybridized carbons (Fsp3) is 0.727. The predicted octanol–water partition coefficient (Wildman–Crippen LogP) is 1.18. The molecule has 1 aliphatic heterocycles. The summed E-state index contributed by atoms with van der Waals surface area (Å²) in [6.07, 6.45) is 0. The molecule has 1 aromatic rings. The number of hydrogen-bond acceptors (Lipinski definition) is 3. The van der Waals surface area contributed by atoms with Crippen molar-refractivity contribution in [1.82, 2.24) is 20.0 Å². The van der Waals surface area contributed by atoms with Crippen LogP contribution >= 0.6 is 11.6 Å². The van der Waals surface area contributed by atoms with E-state index < -0.39 is 0 Å². The van der Waals surface area contributed by atoms with Crippen molar-refractivity contribution in [3.05, 3.63) is 16.4 Å². The van der Waals surface area contributed by atoms with Crippen LogP contribution in [0.15, 0.2) is 0 Å². The van der Waals surface area contributed by atoms with E-state index in [1.807, 2.05) is 14.0 Å². The molecule has 1 fully saturated rings. The largest absolute Gasteiger partial charge is 0.312 e. The molecule has 1 saturated heterocycles. The highest BCUT2D eigenvalue weighted by Crippen LogP contribution is 2.20. The normalized spacial score (nSPS) is 22.6. The number of nitrogens with zero attached hydrogens (tertiary/aromatic N) is 3. The Balaban J connectivity index is 2.08. The molecule has 2 heterocycles. The Kier molecular flexibility index (Phi) is 3.52. The summed E-state index contributed by atoms with van der Waals surface area (Å²) in [5.74, 6) is 0. The van der Waals surface area contributed by atoms with Crippen molar-refractivity contribution in [2.45, 2.75) is 26.4 Å². The van der Waals surface area contributed by atoms with Gasteiger partial charge in [-0.05, 0) is 13.8 Å². The van der Waals surface area contributed by atoms with Crippen molar-refractivity contribution in [2.75, 3.05) is 19.6 Å². The first kappa shape index (κ1) is 11.9. The zero-order chi connectivity index (χ0) is 11.7. The molecule has 0 saturated carbocycles. The van der Waals surface area contributed by atoms with Crippen LogP contribution in [0.25, 0.3) is 0 Å². The Hall–Kier alpha value is -0.580. The standard InChI is InChI=1S/C11H19ClN4/c1-8-6-16(5-4-13-8)7-10-9(2)14-15(3)11(10)12/h8,13H,4-7H2,1-3H3/t8-/m1/s1. The molecule has 0 unspecified atom stereocenters. The third-order valence-electron chi connectivity index (χ3n) is 3.10. The highest BCUT2D eigenvalue weighted by atomic mass is 35.5. The van der Waals surface area contributed by atoms with Crippen molar-refractivity contribution in [3.8, 4) is 0 Å². The molecule has 5 heteroatoms. The molecule has 90 valence electrons. The van der Waals surface area contributed by atoms with Crippen LogP contribution in [0.4, 0.5) is 0 Å². The van der Waals surface area contributed by atoms with E-state index in [-0.39, 0.29) is 0 Å². The maximum Gasteiger partial charge on any atom is 0.131 e. The summed E-state index contributed by atoms with van der Waals surface area (Å²) < 4.78 is 1.75. The van der Waals surface area contributed by atoms with Crippen LogP contribution in [0.3, 0.4) is 0 Å².